The summed E-state index contributed by atoms with van der Waals surface area (Å²) in [6, 6.07) is 9.59. The SMILES string of the molecule is N#Cc1cc(F)ccc1NCc1ccco1. The van der Waals surface area contributed by atoms with E-state index in [9.17, 15) is 4.39 Å². The van der Waals surface area contributed by atoms with Crippen LogP contribution >= 0.6 is 0 Å². The molecule has 0 atom stereocenters. The van der Waals surface area contributed by atoms with Crippen LogP contribution in [0.2, 0.25) is 0 Å². The van der Waals surface area contributed by atoms with Gasteiger partial charge in [-0.1, -0.05) is 0 Å². The van der Waals surface area contributed by atoms with Gasteiger partial charge >= 0.3 is 0 Å². The predicted molar refractivity (Wildman–Crippen MR) is 57.1 cm³/mol. The van der Waals surface area contributed by atoms with Crippen molar-refractivity contribution in [3.05, 3.63) is 53.7 Å². The van der Waals surface area contributed by atoms with Gasteiger partial charge in [0.05, 0.1) is 24.1 Å². The summed E-state index contributed by atoms with van der Waals surface area (Å²) in [4.78, 5) is 0. The van der Waals surface area contributed by atoms with Crippen LogP contribution < -0.4 is 5.32 Å². The van der Waals surface area contributed by atoms with Gasteiger partial charge < -0.3 is 9.73 Å². The molecule has 0 amide bonds. The van der Waals surface area contributed by atoms with Crippen molar-refractivity contribution in [2.24, 2.45) is 0 Å². The topological polar surface area (TPSA) is 49.0 Å². The van der Waals surface area contributed by atoms with Gasteiger partial charge in [-0.2, -0.15) is 5.26 Å². The van der Waals surface area contributed by atoms with Gasteiger partial charge in [0.15, 0.2) is 0 Å². The van der Waals surface area contributed by atoms with Gasteiger partial charge in [0.2, 0.25) is 0 Å². The van der Waals surface area contributed by atoms with E-state index in [1.807, 2.05) is 12.1 Å². The van der Waals surface area contributed by atoms with E-state index < -0.39 is 5.82 Å². The van der Waals surface area contributed by atoms with Crippen molar-refractivity contribution in [3.63, 3.8) is 0 Å². The van der Waals surface area contributed by atoms with Gasteiger partial charge in [0.1, 0.15) is 17.6 Å². The Balaban J connectivity index is 2.13. The molecule has 0 fully saturated rings. The third kappa shape index (κ3) is 2.20. The first kappa shape index (κ1) is 10.2. The summed E-state index contributed by atoms with van der Waals surface area (Å²) in [7, 11) is 0. The molecule has 0 unspecified atom stereocenters. The van der Waals surface area contributed by atoms with Crippen molar-refractivity contribution >= 4 is 5.69 Å². The lowest BCUT2D eigenvalue weighted by Gasteiger charge is -2.06. The highest BCUT2D eigenvalue weighted by molar-refractivity contribution is 5.57. The maximum atomic E-state index is 12.9. The Morgan fingerprint density at radius 1 is 1.38 bits per heavy atom. The molecule has 4 heteroatoms. The Bertz CT molecular complexity index is 514. The van der Waals surface area contributed by atoms with Crippen LogP contribution in [0, 0.1) is 17.1 Å². The lowest BCUT2D eigenvalue weighted by molar-refractivity contribution is 0.518. The van der Waals surface area contributed by atoms with E-state index in [-0.39, 0.29) is 5.56 Å². The van der Waals surface area contributed by atoms with Gasteiger partial charge in [-0.05, 0) is 30.3 Å². The molecule has 0 bridgehead atoms. The molecule has 3 nitrogen and oxygen atoms in total. The Kier molecular flexibility index (Phi) is 2.88. The summed E-state index contributed by atoms with van der Waals surface area (Å²) < 4.78 is 18.0. The van der Waals surface area contributed by atoms with Crippen molar-refractivity contribution in [3.8, 4) is 6.07 Å². The highest BCUT2D eigenvalue weighted by atomic mass is 19.1. The maximum Gasteiger partial charge on any atom is 0.124 e. The first-order valence-corrected chi connectivity index (χ1v) is 4.75. The second-order valence-corrected chi connectivity index (χ2v) is 3.23. The predicted octanol–water partition coefficient (Wildman–Crippen LogP) is 2.90. The van der Waals surface area contributed by atoms with Crippen LogP contribution in [0.5, 0.6) is 0 Å². The minimum absolute atomic E-state index is 0.284. The minimum Gasteiger partial charge on any atom is -0.467 e. The molecule has 0 radical (unpaired) electrons. The number of rotatable bonds is 3. The number of nitrogens with zero attached hydrogens (tertiary/aromatic N) is 1. The van der Waals surface area contributed by atoms with Gasteiger partial charge in [0.25, 0.3) is 0 Å². The summed E-state index contributed by atoms with van der Waals surface area (Å²) in [5.74, 6) is 0.341. The zero-order valence-corrected chi connectivity index (χ0v) is 8.40. The minimum atomic E-state index is -0.417. The summed E-state index contributed by atoms with van der Waals surface area (Å²) in [6.45, 7) is 0.466. The van der Waals surface area contributed by atoms with Crippen LogP contribution in [0.3, 0.4) is 0 Å². The van der Waals surface area contributed by atoms with E-state index in [0.29, 0.717) is 12.2 Å². The number of nitriles is 1. The van der Waals surface area contributed by atoms with Crippen molar-refractivity contribution in [1.82, 2.24) is 0 Å². The number of halogens is 1. The zero-order chi connectivity index (χ0) is 11.4. The van der Waals surface area contributed by atoms with Gasteiger partial charge in [-0.3, -0.25) is 0 Å². The summed E-state index contributed by atoms with van der Waals surface area (Å²) in [5.41, 5.74) is 0.881. The normalized spacial score (nSPS) is 9.75. The first-order valence-electron chi connectivity index (χ1n) is 4.75. The fourth-order valence-corrected chi connectivity index (χ4v) is 1.36. The summed E-state index contributed by atoms with van der Waals surface area (Å²) >= 11 is 0. The molecule has 0 saturated carbocycles. The molecule has 0 aliphatic carbocycles. The summed E-state index contributed by atoms with van der Waals surface area (Å²) in [6.07, 6.45) is 1.58. The van der Waals surface area contributed by atoms with E-state index in [2.05, 4.69) is 5.32 Å². The molecule has 1 heterocycles. The van der Waals surface area contributed by atoms with Crippen molar-refractivity contribution in [2.45, 2.75) is 6.54 Å². The molecule has 2 aromatic rings. The highest BCUT2D eigenvalue weighted by Gasteiger charge is 2.03. The fourth-order valence-electron chi connectivity index (χ4n) is 1.36. The molecule has 0 saturated heterocycles. The van der Waals surface area contributed by atoms with Crippen LogP contribution in [0.1, 0.15) is 11.3 Å². The Labute approximate surface area is 92.1 Å². The molecule has 16 heavy (non-hydrogen) atoms. The average molecular weight is 216 g/mol. The number of anilines is 1. The molecule has 0 aliphatic heterocycles. The van der Waals surface area contributed by atoms with Crippen molar-refractivity contribution in [1.29, 1.82) is 5.26 Å². The van der Waals surface area contributed by atoms with Crippen LogP contribution in [0.4, 0.5) is 10.1 Å². The third-order valence-electron chi connectivity index (χ3n) is 2.14. The summed E-state index contributed by atoms with van der Waals surface area (Å²) in [5, 5.41) is 11.8. The lowest BCUT2D eigenvalue weighted by atomic mass is 10.2. The van der Waals surface area contributed by atoms with Crippen molar-refractivity contribution < 1.29 is 8.81 Å². The standard InChI is InChI=1S/C12H9FN2O/c13-10-3-4-12(9(6-10)7-14)15-8-11-2-1-5-16-11/h1-6,15H,8H2. The average Bonchev–Trinajstić information content (AvgIpc) is 2.80. The molecule has 1 N–H and O–H groups in total. The van der Waals surface area contributed by atoms with Crippen LogP contribution in [0.25, 0.3) is 0 Å². The Hall–Kier alpha value is -2.28. The number of furan rings is 1. The van der Waals surface area contributed by atoms with Gasteiger partial charge in [-0.15, -0.1) is 0 Å². The molecule has 0 aliphatic rings. The molecule has 1 aromatic heterocycles. The molecule has 2 rings (SSSR count). The smallest absolute Gasteiger partial charge is 0.124 e. The molecular weight excluding hydrogens is 207 g/mol. The zero-order valence-electron chi connectivity index (χ0n) is 8.40. The lowest BCUT2D eigenvalue weighted by Crippen LogP contribution is -2.00. The largest absolute Gasteiger partial charge is 0.467 e. The van der Waals surface area contributed by atoms with Crippen LogP contribution in [-0.4, -0.2) is 0 Å². The van der Waals surface area contributed by atoms with E-state index in [1.54, 1.807) is 12.3 Å². The van der Waals surface area contributed by atoms with Gasteiger partial charge in [-0.25, -0.2) is 4.39 Å². The second-order valence-electron chi connectivity index (χ2n) is 3.23. The number of nitrogens with one attached hydrogen (secondary N) is 1. The Morgan fingerprint density at radius 3 is 2.94 bits per heavy atom. The second kappa shape index (κ2) is 4.49. The number of benzene rings is 1. The fraction of sp³-hybridized carbons (Fsp3) is 0.0833. The highest BCUT2D eigenvalue weighted by Crippen LogP contribution is 2.17. The molecule has 1 aromatic carbocycles. The Morgan fingerprint density at radius 2 is 2.25 bits per heavy atom. The van der Waals surface area contributed by atoms with Gasteiger partial charge in [0, 0.05) is 0 Å². The van der Waals surface area contributed by atoms with Crippen molar-refractivity contribution in [2.75, 3.05) is 5.32 Å². The van der Waals surface area contributed by atoms with Crippen LogP contribution in [0.15, 0.2) is 41.0 Å². The molecular formula is C12H9FN2O. The van der Waals surface area contributed by atoms with E-state index in [4.69, 9.17) is 9.68 Å². The van der Waals surface area contributed by atoms with E-state index in [0.717, 1.165) is 5.76 Å². The molecule has 80 valence electrons. The van der Waals surface area contributed by atoms with E-state index in [1.165, 1.54) is 18.2 Å². The molecule has 0 spiro atoms. The third-order valence-corrected chi connectivity index (χ3v) is 2.14. The quantitative estimate of drug-likeness (QED) is 0.858. The monoisotopic (exact) mass is 216 g/mol. The van der Waals surface area contributed by atoms with Crippen LogP contribution in [-0.2, 0) is 6.54 Å². The maximum absolute atomic E-state index is 12.9. The number of hydrogen-bond donors (Lipinski definition) is 1. The number of hydrogen-bond acceptors (Lipinski definition) is 3. The first-order chi connectivity index (χ1) is 7.79. The van der Waals surface area contributed by atoms with E-state index >= 15 is 0 Å².